The second-order valence-electron chi connectivity index (χ2n) is 6.37. The molecule has 0 aromatic carbocycles. The summed E-state index contributed by atoms with van der Waals surface area (Å²) in [6.45, 7) is 9.77. The van der Waals surface area contributed by atoms with Gasteiger partial charge in [0, 0.05) is 37.9 Å². The molecular formula is C16H29N5. The third-order valence-corrected chi connectivity index (χ3v) is 5.17. The van der Waals surface area contributed by atoms with E-state index in [2.05, 4.69) is 33.2 Å². The molecule has 2 unspecified atom stereocenters. The van der Waals surface area contributed by atoms with Crippen molar-refractivity contribution in [3.05, 3.63) is 18.2 Å². The van der Waals surface area contributed by atoms with E-state index in [4.69, 9.17) is 5.73 Å². The lowest BCUT2D eigenvalue weighted by atomic mass is 10.2. The van der Waals surface area contributed by atoms with Gasteiger partial charge in [0.15, 0.2) is 0 Å². The Bertz CT molecular complexity index is 449. The van der Waals surface area contributed by atoms with Gasteiger partial charge in [0.05, 0.1) is 18.1 Å². The molecule has 1 aromatic rings. The molecule has 21 heavy (non-hydrogen) atoms. The van der Waals surface area contributed by atoms with Gasteiger partial charge >= 0.3 is 0 Å². The number of hydrogen-bond donors (Lipinski definition) is 1. The van der Waals surface area contributed by atoms with Crippen molar-refractivity contribution >= 4 is 0 Å². The minimum absolute atomic E-state index is 0.327. The number of imidazole rings is 1. The number of nitrogens with zero attached hydrogens (tertiary/aromatic N) is 4. The van der Waals surface area contributed by atoms with Gasteiger partial charge in [0.2, 0.25) is 0 Å². The number of rotatable bonds is 7. The Morgan fingerprint density at radius 2 is 2.10 bits per heavy atom. The van der Waals surface area contributed by atoms with Crippen LogP contribution < -0.4 is 5.73 Å². The fraction of sp³-hybridized carbons (Fsp3) is 0.812. The molecule has 2 aliphatic rings. The number of likely N-dealkylation sites (tertiary alicyclic amines) is 1. The third kappa shape index (κ3) is 3.00. The van der Waals surface area contributed by atoms with Gasteiger partial charge in [-0.25, -0.2) is 4.98 Å². The summed E-state index contributed by atoms with van der Waals surface area (Å²) in [7, 11) is 0. The number of likely N-dealkylation sites (N-methyl/N-ethyl adjacent to an activating group) is 1. The Morgan fingerprint density at radius 3 is 2.71 bits per heavy atom. The Labute approximate surface area is 128 Å². The zero-order valence-electron chi connectivity index (χ0n) is 13.4. The molecule has 1 aromatic heterocycles. The van der Waals surface area contributed by atoms with Crippen LogP contribution in [0.25, 0.3) is 0 Å². The van der Waals surface area contributed by atoms with Crippen LogP contribution in [0.2, 0.25) is 0 Å². The maximum Gasteiger partial charge on any atom is 0.0951 e. The van der Waals surface area contributed by atoms with Crippen LogP contribution in [0.1, 0.15) is 50.9 Å². The molecule has 2 atom stereocenters. The molecule has 5 nitrogen and oxygen atoms in total. The molecule has 5 heteroatoms. The maximum atomic E-state index is 6.12. The first kappa shape index (κ1) is 15.0. The fourth-order valence-corrected chi connectivity index (χ4v) is 3.78. The van der Waals surface area contributed by atoms with Crippen molar-refractivity contribution < 1.29 is 0 Å². The van der Waals surface area contributed by atoms with Crippen molar-refractivity contribution in [3.63, 3.8) is 0 Å². The van der Waals surface area contributed by atoms with Crippen molar-refractivity contribution in [1.29, 1.82) is 0 Å². The minimum atomic E-state index is 0.327. The van der Waals surface area contributed by atoms with Crippen LogP contribution in [-0.4, -0.2) is 58.1 Å². The predicted molar refractivity (Wildman–Crippen MR) is 85.2 cm³/mol. The van der Waals surface area contributed by atoms with E-state index in [0.29, 0.717) is 24.7 Å². The highest BCUT2D eigenvalue weighted by Crippen LogP contribution is 2.38. The first-order chi connectivity index (χ1) is 10.3. The lowest BCUT2D eigenvalue weighted by Crippen LogP contribution is -2.39. The molecule has 2 N–H and O–H groups in total. The standard InChI is InChI=1S/C16H29N5/c1-3-19(4-2)14-7-8-20(11-14)15(9-17)16-10-18-12-21(16)13-5-6-13/h10,12-15H,3-9,11,17H2,1-2H3. The first-order valence-corrected chi connectivity index (χ1v) is 8.48. The highest BCUT2D eigenvalue weighted by molar-refractivity contribution is 5.11. The molecule has 0 amide bonds. The molecule has 118 valence electrons. The molecule has 1 aliphatic carbocycles. The van der Waals surface area contributed by atoms with E-state index in [-0.39, 0.29) is 0 Å². The summed E-state index contributed by atoms with van der Waals surface area (Å²) in [5.74, 6) is 0. The van der Waals surface area contributed by atoms with Crippen molar-refractivity contribution in [2.75, 3.05) is 32.7 Å². The lowest BCUT2D eigenvalue weighted by Gasteiger charge is -2.30. The Balaban J connectivity index is 1.71. The summed E-state index contributed by atoms with van der Waals surface area (Å²) < 4.78 is 2.36. The van der Waals surface area contributed by atoms with Gasteiger partial charge in [-0.05, 0) is 32.4 Å². The average molecular weight is 291 g/mol. The van der Waals surface area contributed by atoms with E-state index in [0.717, 1.165) is 26.2 Å². The quantitative estimate of drug-likeness (QED) is 0.829. The Morgan fingerprint density at radius 1 is 1.33 bits per heavy atom. The summed E-state index contributed by atoms with van der Waals surface area (Å²) in [5, 5.41) is 0. The predicted octanol–water partition coefficient (Wildman–Crippen LogP) is 1.63. The molecule has 1 saturated heterocycles. The Hall–Kier alpha value is -0.910. The van der Waals surface area contributed by atoms with Gasteiger partial charge in [-0.15, -0.1) is 0 Å². The Kier molecular flexibility index (Phi) is 4.62. The van der Waals surface area contributed by atoms with Crippen molar-refractivity contribution in [1.82, 2.24) is 19.4 Å². The zero-order chi connectivity index (χ0) is 14.8. The normalized spacial score (nSPS) is 24.9. The van der Waals surface area contributed by atoms with Crippen LogP contribution in [0.4, 0.5) is 0 Å². The van der Waals surface area contributed by atoms with Crippen molar-refractivity contribution in [3.8, 4) is 0 Å². The summed E-state index contributed by atoms with van der Waals surface area (Å²) in [6, 6.07) is 1.69. The molecule has 0 bridgehead atoms. The molecule has 1 aliphatic heterocycles. The van der Waals surface area contributed by atoms with Gasteiger partial charge < -0.3 is 10.3 Å². The lowest BCUT2D eigenvalue weighted by molar-refractivity contribution is 0.186. The van der Waals surface area contributed by atoms with Gasteiger partial charge in [-0.3, -0.25) is 9.80 Å². The molecule has 2 fully saturated rings. The monoisotopic (exact) mass is 291 g/mol. The van der Waals surface area contributed by atoms with Gasteiger partial charge in [0.1, 0.15) is 0 Å². The van der Waals surface area contributed by atoms with E-state index in [9.17, 15) is 0 Å². The zero-order valence-corrected chi connectivity index (χ0v) is 13.4. The topological polar surface area (TPSA) is 50.3 Å². The SMILES string of the molecule is CCN(CC)C1CCN(C(CN)c2cncn2C2CC2)C1. The van der Waals surface area contributed by atoms with Gasteiger partial charge in [0.25, 0.3) is 0 Å². The molecule has 0 spiro atoms. The second kappa shape index (κ2) is 6.46. The maximum absolute atomic E-state index is 6.12. The molecular weight excluding hydrogens is 262 g/mol. The van der Waals surface area contributed by atoms with Crippen LogP contribution in [0.15, 0.2) is 12.5 Å². The van der Waals surface area contributed by atoms with Crippen LogP contribution >= 0.6 is 0 Å². The minimum Gasteiger partial charge on any atom is -0.330 e. The van der Waals surface area contributed by atoms with Crippen LogP contribution in [0.5, 0.6) is 0 Å². The fourth-order valence-electron chi connectivity index (χ4n) is 3.78. The summed E-state index contributed by atoms with van der Waals surface area (Å²) in [4.78, 5) is 9.52. The molecule has 2 heterocycles. The summed E-state index contributed by atoms with van der Waals surface area (Å²) in [6.07, 6.45) is 7.87. The van der Waals surface area contributed by atoms with Gasteiger partial charge in [-0.2, -0.15) is 0 Å². The van der Waals surface area contributed by atoms with E-state index in [1.807, 2.05) is 12.5 Å². The van der Waals surface area contributed by atoms with E-state index in [1.165, 1.54) is 25.0 Å². The van der Waals surface area contributed by atoms with Crippen LogP contribution in [0.3, 0.4) is 0 Å². The van der Waals surface area contributed by atoms with Gasteiger partial charge in [-0.1, -0.05) is 13.8 Å². The van der Waals surface area contributed by atoms with Crippen molar-refractivity contribution in [2.24, 2.45) is 5.73 Å². The highest BCUT2D eigenvalue weighted by Gasteiger charge is 2.34. The van der Waals surface area contributed by atoms with Crippen molar-refractivity contribution in [2.45, 2.75) is 51.2 Å². The molecule has 3 rings (SSSR count). The number of aromatic nitrogens is 2. The molecule has 1 saturated carbocycles. The van der Waals surface area contributed by atoms with Crippen LogP contribution in [0, 0.1) is 0 Å². The second-order valence-corrected chi connectivity index (χ2v) is 6.37. The number of hydrogen-bond acceptors (Lipinski definition) is 4. The summed E-state index contributed by atoms with van der Waals surface area (Å²) in [5.41, 5.74) is 7.44. The van der Waals surface area contributed by atoms with Crippen LogP contribution in [-0.2, 0) is 0 Å². The van der Waals surface area contributed by atoms with E-state index >= 15 is 0 Å². The molecule has 0 radical (unpaired) electrons. The van der Waals surface area contributed by atoms with E-state index in [1.54, 1.807) is 0 Å². The first-order valence-electron chi connectivity index (χ1n) is 8.48. The largest absolute Gasteiger partial charge is 0.330 e. The third-order valence-electron chi connectivity index (χ3n) is 5.17. The highest BCUT2D eigenvalue weighted by atomic mass is 15.3. The van der Waals surface area contributed by atoms with E-state index < -0.39 is 0 Å². The smallest absolute Gasteiger partial charge is 0.0951 e. The number of nitrogens with two attached hydrogens (primary N) is 1. The summed E-state index contributed by atoms with van der Waals surface area (Å²) >= 11 is 0. The average Bonchev–Trinajstić information content (AvgIpc) is 3.04.